The Morgan fingerprint density at radius 2 is 1.44 bits per heavy atom. The molecule has 5 heteroatoms. The molecule has 1 unspecified atom stereocenters. The van der Waals surface area contributed by atoms with Gasteiger partial charge < -0.3 is 14.6 Å². The van der Waals surface area contributed by atoms with Gasteiger partial charge in [-0.2, -0.15) is 0 Å². The minimum Gasteiger partial charge on any atom is -0.457 e. The van der Waals surface area contributed by atoms with Crippen LogP contribution in [-0.4, -0.2) is 15.5 Å². The SMILES string of the molecule is CCCC(NC(=O)c1c(-c2ccccc2Oc2ccccc2)nc(-c2ccccc2)n1CC)c1ccccc1. The first-order chi connectivity index (χ1) is 19.2. The number of nitrogens with one attached hydrogen (secondary N) is 1. The van der Waals surface area contributed by atoms with E-state index in [-0.39, 0.29) is 11.9 Å². The largest absolute Gasteiger partial charge is 0.457 e. The molecule has 5 aromatic rings. The van der Waals surface area contributed by atoms with Gasteiger partial charge in [-0.1, -0.05) is 104 Å². The highest BCUT2D eigenvalue weighted by atomic mass is 16.5. The van der Waals surface area contributed by atoms with E-state index in [1.165, 1.54) is 0 Å². The predicted molar refractivity (Wildman–Crippen MR) is 157 cm³/mol. The van der Waals surface area contributed by atoms with Gasteiger partial charge in [-0.15, -0.1) is 0 Å². The van der Waals surface area contributed by atoms with E-state index in [1.807, 2.05) is 115 Å². The first-order valence-electron chi connectivity index (χ1n) is 13.5. The third kappa shape index (κ3) is 5.78. The smallest absolute Gasteiger partial charge is 0.270 e. The number of hydrogen-bond acceptors (Lipinski definition) is 3. The first kappa shape index (κ1) is 26.0. The molecule has 1 heterocycles. The molecule has 0 aliphatic heterocycles. The molecule has 0 saturated heterocycles. The van der Waals surface area contributed by atoms with Gasteiger partial charge in [-0.05, 0) is 43.2 Å². The number of para-hydroxylation sites is 2. The van der Waals surface area contributed by atoms with Crippen molar-refractivity contribution in [3.8, 4) is 34.1 Å². The van der Waals surface area contributed by atoms with Gasteiger partial charge in [0.2, 0.25) is 0 Å². The molecule has 1 aromatic heterocycles. The van der Waals surface area contributed by atoms with Crippen LogP contribution in [0.3, 0.4) is 0 Å². The number of ether oxygens (including phenoxy) is 1. The molecule has 0 radical (unpaired) electrons. The van der Waals surface area contributed by atoms with Gasteiger partial charge in [0.15, 0.2) is 0 Å². The quantitative estimate of drug-likeness (QED) is 0.203. The van der Waals surface area contributed by atoms with Crippen molar-refractivity contribution in [2.45, 2.75) is 39.3 Å². The summed E-state index contributed by atoms with van der Waals surface area (Å²) in [5.74, 6) is 1.96. The third-order valence-corrected chi connectivity index (χ3v) is 6.73. The molecule has 196 valence electrons. The number of rotatable bonds is 10. The van der Waals surface area contributed by atoms with E-state index >= 15 is 0 Å². The number of hydrogen-bond donors (Lipinski definition) is 1. The number of aromatic nitrogens is 2. The summed E-state index contributed by atoms with van der Waals surface area (Å²) >= 11 is 0. The number of imidazole rings is 1. The summed E-state index contributed by atoms with van der Waals surface area (Å²) in [6, 6.07) is 37.5. The zero-order chi connectivity index (χ0) is 27.0. The van der Waals surface area contributed by atoms with Crippen molar-refractivity contribution in [3.63, 3.8) is 0 Å². The van der Waals surface area contributed by atoms with Gasteiger partial charge in [-0.3, -0.25) is 4.79 Å². The lowest BCUT2D eigenvalue weighted by Crippen LogP contribution is -2.30. The van der Waals surface area contributed by atoms with Crippen molar-refractivity contribution in [1.82, 2.24) is 14.9 Å². The van der Waals surface area contributed by atoms with E-state index in [9.17, 15) is 4.79 Å². The molecule has 0 aliphatic carbocycles. The zero-order valence-electron chi connectivity index (χ0n) is 22.4. The van der Waals surface area contributed by atoms with Crippen molar-refractivity contribution in [2.75, 3.05) is 0 Å². The third-order valence-electron chi connectivity index (χ3n) is 6.73. The van der Waals surface area contributed by atoms with Gasteiger partial charge in [0, 0.05) is 17.7 Å². The lowest BCUT2D eigenvalue weighted by atomic mass is 10.0. The molecule has 0 bridgehead atoms. The number of benzene rings is 4. The fraction of sp³-hybridized carbons (Fsp3) is 0.176. The van der Waals surface area contributed by atoms with Crippen molar-refractivity contribution < 1.29 is 9.53 Å². The molecule has 1 N–H and O–H groups in total. The van der Waals surface area contributed by atoms with Crippen LogP contribution in [0.5, 0.6) is 11.5 Å². The van der Waals surface area contributed by atoms with E-state index in [0.717, 1.165) is 41.1 Å². The van der Waals surface area contributed by atoms with Gasteiger partial charge in [0.1, 0.15) is 28.7 Å². The van der Waals surface area contributed by atoms with Crippen LogP contribution in [0.1, 0.15) is 48.8 Å². The fourth-order valence-corrected chi connectivity index (χ4v) is 4.88. The second-order valence-electron chi connectivity index (χ2n) is 9.38. The van der Waals surface area contributed by atoms with E-state index in [4.69, 9.17) is 9.72 Å². The minimum atomic E-state index is -0.154. The van der Waals surface area contributed by atoms with E-state index < -0.39 is 0 Å². The van der Waals surface area contributed by atoms with E-state index in [0.29, 0.717) is 23.7 Å². The molecule has 0 aliphatic rings. The number of carbonyl (C=O) groups is 1. The number of carbonyl (C=O) groups excluding carboxylic acids is 1. The molecule has 4 aromatic carbocycles. The summed E-state index contributed by atoms with van der Waals surface area (Å²) in [7, 11) is 0. The summed E-state index contributed by atoms with van der Waals surface area (Å²) in [6.07, 6.45) is 1.79. The zero-order valence-corrected chi connectivity index (χ0v) is 22.4. The topological polar surface area (TPSA) is 56.1 Å². The molecule has 1 atom stereocenters. The Kier molecular flexibility index (Phi) is 8.18. The second kappa shape index (κ2) is 12.3. The lowest BCUT2D eigenvalue weighted by Gasteiger charge is -2.20. The maximum Gasteiger partial charge on any atom is 0.270 e. The van der Waals surface area contributed by atoms with Crippen LogP contribution in [0.15, 0.2) is 115 Å². The van der Waals surface area contributed by atoms with Gasteiger partial charge >= 0.3 is 0 Å². The van der Waals surface area contributed by atoms with Gasteiger partial charge in [0.05, 0.1) is 6.04 Å². The Hall–Kier alpha value is -4.64. The Morgan fingerprint density at radius 3 is 2.10 bits per heavy atom. The highest BCUT2D eigenvalue weighted by molar-refractivity contribution is 6.00. The molecule has 5 rings (SSSR count). The van der Waals surface area contributed by atoms with Crippen molar-refractivity contribution in [1.29, 1.82) is 0 Å². The fourth-order valence-electron chi connectivity index (χ4n) is 4.88. The number of amides is 1. The summed E-state index contributed by atoms with van der Waals surface area (Å²) < 4.78 is 8.30. The predicted octanol–water partition coefficient (Wildman–Crippen LogP) is 8.30. The van der Waals surface area contributed by atoms with Gasteiger partial charge in [0.25, 0.3) is 5.91 Å². The van der Waals surface area contributed by atoms with Crippen molar-refractivity contribution in [3.05, 3.63) is 127 Å². The molecule has 5 nitrogen and oxygen atoms in total. The normalized spacial score (nSPS) is 11.6. The number of nitrogens with zero attached hydrogens (tertiary/aromatic N) is 2. The molecular weight excluding hydrogens is 482 g/mol. The first-order valence-corrected chi connectivity index (χ1v) is 13.5. The van der Waals surface area contributed by atoms with Crippen LogP contribution >= 0.6 is 0 Å². The molecule has 0 saturated carbocycles. The maximum absolute atomic E-state index is 14.2. The maximum atomic E-state index is 14.2. The van der Waals surface area contributed by atoms with Crippen molar-refractivity contribution in [2.24, 2.45) is 0 Å². The standard InChI is InChI=1S/C34H33N3O2/c1-3-16-29(25-17-8-5-9-18-25)35-34(38)32-31(36-33(37(32)4-2)26-19-10-6-11-20-26)28-23-14-15-24-30(28)39-27-21-12-7-13-22-27/h5-15,17-24,29H,3-4,16H2,1-2H3,(H,35,38). The van der Waals surface area contributed by atoms with Crippen LogP contribution in [0.2, 0.25) is 0 Å². The second-order valence-corrected chi connectivity index (χ2v) is 9.38. The average Bonchev–Trinajstić information content (AvgIpc) is 3.38. The van der Waals surface area contributed by atoms with Crippen LogP contribution < -0.4 is 10.1 Å². The van der Waals surface area contributed by atoms with Crippen LogP contribution in [0.4, 0.5) is 0 Å². The molecular formula is C34H33N3O2. The summed E-state index contributed by atoms with van der Waals surface area (Å²) in [6.45, 7) is 4.77. The monoisotopic (exact) mass is 515 g/mol. The van der Waals surface area contributed by atoms with E-state index in [1.54, 1.807) is 0 Å². The Balaban J connectivity index is 1.64. The summed E-state index contributed by atoms with van der Waals surface area (Å²) in [5.41, 5.74) is 3.94. The van der Waals surface area contributed by atoms with Crippen molar-refractivity contribution >= 4 is 5.91 Å². The molecule has 1 amide bonds. The van der Waals surface area contributed by atoms with Crippen LogP contribution in [-0.2, 0) is 6.54 Å². The lowest BCUT2D eigenvalue weighted by molar-refractivity contribution is 0.0926. The molecule has 39 heavy (non-hydrogen) atoms. The summed E-state index contributed by atoms with van der Waals surface area (Å²) in [4.78, 5) is 19.3. The minimum absolute atomic E-state index is 0.104. The highest BCUT2D eigenvalue weighted by Gasteiger charge is 2.27. The van der Waals surface area contributed by atoms with Crippen LogP contribution in [0.25, 0.3) is 22.6 Å². The Bertz CT molecular complexity index is 1510. The Morgan fingerprint density at radius 1 is 0.821 bits per heavy atom. The van der Waals surface area contributed by atoms with Gasteiger partial charge in [-0.25, -0.2) is 4.98 Å². The summed E-state index contributed by atoms with van der Waals surface area (Å²) in [5, 5.41) is 3.33. The Labute approximate surface area is 230 Å². The highest BCUT2D eigenvalue weighted by Crippen LogP contribution is 2.37. The average molecular weight is 516 g/mol. The van der Waals surface area contributed by atoms with Crippen LogP contribution in [0, 0.1) is 0 Å². The molecule has 0 fully saturated rings. The molecule has 0 spiro atoms. The van der Waals surface area contributed by atoms with E-state index in [2.05, 4.69) is 24.4 Å².